The fourth-order valence-electron chi connectivity index (χ4n) is 3.46. The van der Waals surface area contributed by atoms with Crippen molar-refractivity contribution < 1.29 is 4.74 Å². The average Bonchev–Trinajstić information content (AvgIpc) is 3.20. The summed E-state index contributed by atoms with van der Waals surface area (Å²) in [7, 11) is 1.97. The van der Waals surface area contributed by atoms with Gasteiger partial charge in [0.25, 0.3) is 0 Å². The summed E-state index contributed by atoms with van der Waals surface area (Å²) in [4.78, 5) is 4.37. The van der Waals surface area contributed by atoms with Crippen LogP contribution in [0, 0.1) is 6.92 Å². The molecule has 24 heavy (non-hydrogen) atoms. The second-order valence-electron chi connectivity index (χ2n) is 6.40. The molecule has 0 bridgehead atoms. The van der Waals surface area contributed by atoms with E-state index in [-0.39, 0.29) is 6.10 Å². The first kappa shape index (κ1) is 15.3. The maximum absolute atomic E-state index is 5.99. The maximum Gasteiger partial charge on any atom is 0.101 e. The SMILES string of the molecule is Cc1c([C@H]2OCC[C@@H]2NCc2cncc3ccccc23)cnn1C. The maximum atomic E-state index is 5.99. The van der Waals surface area contributed by atoms with Gasteiger partial charge in [-0.2, -0.15) is 5.10 Å². The van der Waals surface area contributed by atoms with Crippen LogP contribution in [0.5, 0.6) is 0 Å². The van der Waals surface area contributed by atoms with E-state index in [4.69, 9.17) is 4.74 Å². The molecule has 5 heteroatoms. The highest BCUT2D eigenvalue weighted by molar-refractivity contribution is 5.84. The van der Waals surface area contributed by atoms with Crippen LogP contribution in [-0.4, -0.2) is 27.4 Å². The number of ether oxygens (including phenoxy) is 1. The van der Waals surface area contributed by atoms with Crippen LogP contribution in [0.15, 0.2) is 42.9 Å². The first-order chi connectivity index (χ1) is 11.7. The lowest BCUT2D eigenvalue weighted by atomic mass is 10.0. The van der Waals surface area contributed by atoms with Crippen molar-refractivity contribution in [2.75, 3.05) is 6.61 Å². The number of nitrogens with zero attached hydrogens (tertiary/aromatic N) is 3. The van der Waals surface area contributed by atoms with Crippen molar-refractivity contribution >= 4 is 10.8 Å². The van der Waals surface area contributed by atoms with Crippen LogP contribution in [0.4, 0.5) is 0 Å². The molecule has 5 nitrogen and oxygen atoms in total. The Kier molecular flexibility index (Phi) is 4.04. The fraction of sp³-hybridized carbons (Fsp3) is 0.368. The summed E-state index contributed by atoms with van der Waals surface area (Å²) in [5.74, 6) is 0. The van der Waals surface area contributed by atoms with Crippen molar-refractivity contribution in [1.29, 1.82) is 0 Å². The quantitative estimate of drug-likeness (QED) is 0.802. The number of fused-ring (bicyclic) bond motifs is 1. The minimum absolute atomic E-state index is 0.0710. The van der Waals surface area contributed by atoms with Crippen LogP contribution in [0.3, 0.4) is 0 Å². The van der Waals surface area contributed by atoms with Crippen molar-refractivity contribution in [2.45, 2.75) is 32.0 Å². The van der Waals surface area contributed by atoms with E-state index >= 15 is 0 Å². The third-order valence-electron chi connectivity index (χ3n) is 4.98. The molecule has 1 aliphatic heterocycles. The van der Waals surface area contributed by atoms with Crippen molar-refractivity contribution in [2.24, 2.45) is 7.05 Å². The normalized spacial score (nSPS) is 20.8. The van der Waals surface area contributed by atoms with Gasteiger partial charge in [0.2, 0.25) is 0 Å². The van der Waals surface area contributed by atoms with Gasteiger partial charge in [0, 0.05) is 55.3 Å². The minimum Gasteiger partial charge on any atom is -0.372 e. The van der Waals surface area contributed by atoms with Crippen molar-refractivity contribution in [3.63, 3.8) is 0 Å². The Morgan fingerprint density at radius 1 is 1.25 bits per heavy atom. The second-order valence-corrected chi connectivity index (χ2v) is 6.40. The smallest absolute Gasteiger partial charge is 0.101 e. The Bertz CT molecular complexity index is 852. The van der Waals surface area contributed by atoms with Gasteiger partial charge in [-0.25, -0.2) is 0 Å². The van der Waals surface area contributed by atoms with Gasteiger partial charge >= 0.3 is 0 Å². The average molecular weight is 322 g/mol. The Hall–Kier alpha value is -2.24. The Morgan fingerprint density at radius 3 is 2.96 bits per heavy atom. The molecule has 0 saturated carbocycles. The van der Waals surface area contributed by atoms with Gasteiger partial charge in [-0.15, -0.1) is 0 Å². The van der Waals surface area contributed by atoms with E-state index < -0.39 is 0 Å². The summed E-state index contributed by atoms with van der Waals surface area (Å²) in [5.41, 5.74) is 3.57. The lowest BCUT2D eigenvalue weighted by Crippen LogP contribution is -2.31. The number of rotatable bonds is 4. The zero-order chi connectivity index (χ0) is 16.5. The third-order valence-corrected chi connectivity index (χ3v) is 4.98. The first-order valence-corrected chi connectivity index (χ1v) is 8.39. The van der Waals surface area contributed by atoms with Crippen LogP contribution in [0.2, 0.25) is 0 Å². The molecule has 1 saturated heterocycles. The highest BCUT2D eigenvalue weighted by atomic mass is 16.5. The molecular formula is C19H22N4O. The van der Waals surface area contributed by atoms with Crippen LogP contribution < -0.4 is 5.32 Å². The Morgan fingerprint density at radius 2 is 2.12 bits per heavy atom. The van der Waals surface area contributed by atoms with Crippen LogP contribution in [0.1, 0.15) is 29.3 Å². The highest BCUT2D eigenvalue weighted by Crippen LogP contribution is 2.31. The van der Waals surface area contributed by atoms with Gasteiger partial charge in [-0.1, -0.05) is 24.3 Å². The Balaban J connectivity index is 1.53. The predicted octanol–water partition coefficient (Wildman–Crippen LogP) is 2.90. The van der Waals surface area contributed by atoms with E-state index in [1.165, 1.54) is 27.6 Å². The molecule has 0 unspecified atom stereocenters. The van der Waals surface area contributed by atoms with Crippen LogP contribution >= 0.6 is 0 Å². The van der Waals surface area contributed by atoms with E-state index in [1.807, 2.05) is 36.4 Å². The van der Waals surface area contributed by atoms with E-state index in [1.54, 1.807) is 0 Å². The standard InChI is InChI=1S/C19H22N4O/c1-13-17(12-22-23(13)2)19-18(7-8-24-19)21-11-15-10-20-9-14-5-3-4-6-16(14)15/h3-6,9-10,12,18-19,21H,7-8,11H2,1-2H3/t18-,19+/m0/s1. The molecule has 124 valence electrons. The van der Waals surface area contributed by atoms with Gasteiger partial charge in [0.1, 0.15) is 6.10 Å². The van der Waals surface area contributed by atoms with E-state index in [2.05, 4.69) is 40.5 Å². The zero-order valence-corrected chi connectivity index (χ0v) is 14.1. The zero-order valence-electron chi connectivity index (χ0n) is 14.1. The third kappa shape index (κ3) is 2.70. The monoisotopic (exact) mass is 322 g/mol. The number of aryl methyl sites for hydroxylation is 1. The van der Waals surface area contributed by atoms with Crippen molar-refractivity contribution in [3.05, 3.63) is 59.7 Å². The summed E-state index contributed by atoms with van der Waals surface area (Å²) in [6.07, 6.45) is 6.88. The minimum atomic E-state index is 0.0710. The molecular weight excluding hydrogens is 300 g/mol. The summed E-state index contributed by atoms with van der Waals surface area (Å²) in [6.45, 7) is 3.67. The van der Waals surface area contributed by atoms with E-state index in [9.17, 15) is 0 Å². The second kappa shape index (κ2) is 6.34. The number of hydrogen-bond acceptors (Lipinski definition) is 4. The first-order valence-electron chi connectivity index (χ1n) is 8.39. The molecule has 0 radical (unpaired) electrons. The lowest BCUT2D eigenvalue weighted by Gasteiger charge is -2.20. The van der Waals surface area contributed by atoms with Crippen molar-refractivity contribution in [3.8, 4) is 0 Å². The van der Waals surface area contributed by atoms with Gasteiger partial charge in [-0.05, 0) is 24.3 Å². The summed E-state index contributed by atoms with van der Waals surface area (Å²) in [5, 5.41) is 10.5. The summed E-state index contributed by atoms with van der Waals surface area (Å²) in [6, 6.07) is 8.68. The predicted molar refractivity (Wildman–Crippen MR) is 93.6 cm³/mol. The van der Waals surface area contributed by atoms with E-state index in [0.29, 0.717) is 6.04 Å². The fourth-order valence-corrected chi connectivity index (χ4v) is 3.46. The molecule has 0 spiro atoms. The lowest BCUT2D eigenvalue weighted by molar-refractivity contribution is 0.0979. The highest BCUT2D eigenvalue weighted by Gasteiger charge is 2.31. The Labute approximate surface area is 141 Å². The molecule has 1 aromatic carbocycles. The largest absolute Gasteiger partial charge is 0.372 e. The molecule has 2 atom stereocenters. The van der Waals surface area contributed by atoms with Gasteiger partial charge in [-0.3, -0.25) is 9.67 Å². The van der Waals surface area contributed by atoms with Crippen LogP contribution in [-0.2, 0) is 18.3 Å². The topological polar surface area (TPSA) is 52.0 Å². The van der Waals surface area contributed by atoms with Gasteiger partial charge < -0.3 is 10.1 Å². The van der Waals surface area contributed by atoms with E-state index in [0.717, 1.165) is 19.6 Å². The van der Waals surface area contributed by atoms with Gasteiger partial charge in [0.05, 0.1) is 6.20 Å². The molecule has 4 rings (SSSR count). The number of nitrogens with one attached hydrogen (secondary N) is 1. The number of pyridine rings is 1. The molecule has 1 aliphatic rings. The number of benzene rings is 1. The molecule has 3 aromatic rings. The number of aromatic nitrogens is 3. The molecule has 1 fully saturated rings. The summed E-state index contributed by atoms with van der Waals surface area (Å²) >= 11 is 0. The molecule has 3 heterocycles. The molecule has 2 aromatic heterocycles. The number of hydrogen-bond donors (Lipinski definition) is 1. The van der Waals surface area contributed by atoms with Crippen LogP contribution in [0.25, 0.3) is 10.8 Å². The molecule has 0 amide bonds. The molecule has 1 N–H and O–H groups in total. The molecule has 0 aliphatic carbocycles. The summed E-state index contributed by atoms with van der Waals surface area (Å²) < 4.78 is 7.90. The van der Waals surface area contributed by atoms with Crippen molar-refractivity contribution in [1.82, 2.24) is 20.1 Å². The van der Waals surface area contributed by atoms with Gasteiger partial charge in [0.15, 0.2) is 0 Å².